The molecule has 1 aromatic heterocycles. The van der Waals surface area contributed by atoms with E-state index in [1.165, 1.54) is 31.0 Å². The van der Waals surface area contributed by atoms with Crippen LogP contribution in [0.1, 0.15) is 19.3 Å². The van der Waals surface area contributed by atoms with E-state index in [0.717, 1.165) is 24.1 Å². The lowest BCUT2D eigenvalue weighted by Gasteiger charge is -2.23. The first-order chi connectivity index (χ1) is 8.81. The van der Waals surface area contributed by atoms with Crippen molar-refractivity contribution in [1.29, 1.82) is 0 Å². The van der Waals surface area contributed by atoms with Crippen molar-refractivity contribution < 1.29 is 4.74 Å². The molecule has 1 aliphatic rings. The molecule has 2 rings (SSSR count). The lowest BCUT2D eigenvalue weighted by atomic mass is 10.1. The zero-order valence-corrected chi connectivity index (χ0v) is 12.9. The Morgan fingerprint density at radius 2 is 2.32 bits per heavy atom. The molecule has 7 heteroatoms. The zero-order valence-electron chi connectivity index (χ0n) is 11.3. The van der Waals surface area contributed by atoms with Crippen LogP contribution in [0.3, 0.4) is 0 Å². The molecular formula is C12H21ClN4OS. The van der Waals surface area contributed by atoms with Gasteiger partial charge in [0.15, 0.2) is 5.16 Å². The van der Waals surface area contributed by atoms with Gasteiger partial charge in [0, 0.05) is 18.7 Å². The molecule has 0 spiro atoms. The fraction of sp³-hybridized carbons (Fsp3) is 0.667. The number of anilines is 1. The van der Waals surface area contributed by atoms with Crippen molar-refractivity contribution in [3.8, 4) is 5.88 Å². The van der Waals surface area contributed by atoms with Gasteiger partial charge >= 0.3 is 0 Å². The van der Waals surface area contributed by atoms with E-state index in [1.54, 1.807) is 7.11 Å². The highest BCUT2D eigenvalue weighted by atomic mass is 35.5. The standard InChI is InChI=1S/C12H20N4OS.ClH/c1-17-11-7-10(15-12(16-11)18-2)14-8-9-5-3-4-6-13-9;/h7,9,13H,3-6,8H2,1-2H3,(H,14,15,16);1H. The molecule has 108 valence electrons. The highest BCUT2D eigenvalue weighted by Gasteiger charge is 2.12. The topological polar surface area (TPSA) is 59.1 Å². The van der Waals surface area contributed by atoms with Gasteiger partial charge in [-0.15, -0.1) is 12.4 Å². The van der Waals surface area contributed by atoms with Gasteiger partial charge in [0.05, 0.1) is 7.11 Å². The first-order valence-electron chi connectivity index (χ1n) is 6.26. The number of halogens is 1. The number of nitrogens with zero attached hydrogens (tertiary/aromatic N) is 2. The van der Waals surface area contributed by atoms with Crippen LogP contribution in [0.25, 0.3) is 0 Å². The summed E-state index contributed by atoms with van der Waals surface area (Å²) in [5.74, 6) is 1.44. The van der Waals surface area contributed by atoms with E-state index in [1.807, 2.05) is 12.3 Å². The normalized spacial score (nSPS) is 18.5. The summed E-state index contributed by atoms with van der Waals surface area (Å²) in [4.78, 5) is 8.66. The Bertz CT molecular complexity index is 366. The van der Waals surface area contributed by atoms with Gasteiger partial charge in [0.2, 0.25) is 5.88 Å². The second-order valence-electron chi connectivity index (χ2n) is 4.31. The molecule has 0 aromatic carbocycles. The molecule has 1 atom stereocenters. The third kappa shape index (κ3) is 5.04. The Hall–Kier alpha value is -0.720. The van der Waals surface area contributed by atoms with E-state index < -0.39 is 0 Å². The number of hydrogen-bond acceptors (Lipinski definition) is 6. The molecule has 19 heavy (non-hydrogen) atoms. The molecule has 1 saturated heterocycles. The van der Waals surface area contributed by atoms with Crippen LogP contribution in [-0.2, 0) is 0 Å². The van der Waals surface area contributed by atoms with Gasteiger partial charge in [0.1, 0.15) is 5.82 Å². The minimum Gasteiger partial charge on any atom is -0.481 e. The van der Waals surface area contributed by atoms with Gasteiger partial charge < -0.3 is 15.4 Å². The van der Waals surface area contributed by atoms with E-state index in [4.69, 9.17) is 4.74 Å². The van der Waals surface area contributed by atoms with Crippen molar-refractivity contribution >= 4 is 30.0 Å². The fourth-order valence-electron chi connectivity index (χ4n) is 2.02. The van der Waals surface area contributed by atoms with Crippen LogP contribution in [0.15, 0.2) is 11.2 Å². The van der Waals surface area contributed by atoms with Gasteiger partial charge in [0.25, 0.3) is 0 Å². The first kappa shape index (κ1) is 16.3. The molecule has 1 aliphatic heterocycles. The maximum Gasteiger partial charge on any atom is 0.219 e. The Kier molecular flexibility index (Phi) is 7.27. The number of hydrogen-bond donors (Lipinski definition) is 2. The summed E-state index contributed by atoms with van der Waals surface area (Å²) in [7, 11) is 1.62. The maximum absolute atomic E-state index is 5.17. The van der Waals surface area contributed by atoms with Gasteiger partial charge in [-0.05, 0) is 25.6 Å². The minimum absolute atomic E-state index is 0. The molecule has 0 bridgehead atoms. The van der Waals surface area contributed by atoms with E-state index in [-0.39, 0.29) is 12.4 Å². The largest absolute Gasteiger partial charge is 0.481 e. The molecule has 2 heterocycles. The van der Waals surface area contributed by atoms with Crippen molar-refractivity contribution in [2.24, 2.45) is 0 Å². The van der Waals surface area contributed by atoms with Gasteiger partial charge in [-0.3, -0.25) is 0 Å². The second-order valence-corrected chi connectivity index (χ2v) is 5.08. The molecule has 0 aliphatic carbocycles. The quantitative estimate of drug-likeness (QED) is 0.642. The number of rotatable bonds is 5. The highest BCUT2D eigenvalue weighted by molar-refractivity contribution is 7.98. The summed E-state index contributed by atoms with van der Waals surface area (Å²) in [6, 6.07) is 2.38. The maximum atomic E-state index is 5.17. The number of aromatic nitrogens is 2. The molecular weight excluding hydrogens is 284 g/mol. The monoisotopic (exact) mass is 304 g/mol. The van der Waals surface area contributed by atoms with E-state index in [0.29, 0.717) is 11.9 Å². The molecule has 1 fully saturated rings. The summed E-state index contributed by atoms with van der Waals surface area (Å²) < 4.78 is 5.17. The van der Waals surface area contributed by atoms with Crippen molar-refractivity contribution in [2.75, 3.05) is 31.8 Å². The molecule has 0 radical (unpaired) electrons. The highest BCUT2D eigenvalue weighted by Crippen LogP contribution is 2.18. The van der Waals surface area contributed by atoms with Crippen molar-refractivity contribution in [2.45, 2.75) is 30.5 Å². The van der Waals surface area contributed by atoms with Gasteiger partial charge in [-0.25, -0.2) is 4.98 Å². The number of methoxy groups -OCH3 is 1. The third-order valence-corrected chi connectivity index (χ3v) is 3.56. The molecule has 5 nitrogen and oxygen atoms in total. The lowest BCUT2D eigenvalue weighted by Crippen LogP contribution is -2.39. The van der Waals surface area contributed by atoms with E-state index >= 15 is 0 Å². The Morgan fingerprint density at radius 3 is 2.95 bits per heavy atom. The zero-order chi connectivity index (χ0) is 12.8. The number of piperidine rings is 1. The number of thioether (sulfide) groups is 1. The van der Waals surface area contributed by atoms with Gasteiger partial charge in [-0.2, -0.15) is 4.98 Å². The Balaban J connectivity index is 0.00000180. The molecule has 2 N–H and O–H groups in total. The average molecular weight is 305 g/mol. The fourth-order valence-corrected chi connectivity index (χ4v) is 2.39. The molecule has 1 unspecified atom stereocenters. The predicted octanol–water partition coefficient (Wildman–Crippen LogP) is 2.18. The summed E-state index contributed by atoms with van der Waals surface area (Å²) in [5.41, 5.74) is 0. The Morgan fingerprint density at radius 1 is 1.47 bits per heavy atom. The van der Waals surface area contributed by atoms with Crippen LogP contribution in [-0.4, -0.2) is 42.5 Å². The summed E-state index contributed by atoms with van der Waals surface area (Å²) in [5, 5.41) is 7.59. The van der Waals surface area contributed by atoms with Crippen LogP contribution in [0.5, 0.6) is 5.88 Å². The number of ether oxygens (including phenoxy) is 1. The van der Waals surface area contributed by atoms with Crippen LogP contribution < -0.4 is 15.4 Å². The SMILES string of the molecule is COc1cc(NCC2CCCCN2)nc(SC)n1.Cl. The molecule has 0 amide bonds. The first-order valence-corrected chi connectivity index (χ1v) is 7.48. The van der Waals surface area contributed by atoms with Crippen LogP contribution in [0.2, 0.25) is 0 Å². The van der Waals surface area contributed by atoms with E-state index in [2.05, 4.69) is 20.6 Å². The second kappa shape index (κ2) is 8.45. The summed E-state index contributed by atoms with van der Waals surface area (Å²) >= 11 is 1.52. The van der Waals surface area contributed by atoms with Gasteiger partial charge in [-0.1, -0.05) is 18.2 Å². The number of nitrogens with one attached hydrogen (secondary N) is 2. The molecule has 0 saturated carbocycles. The smallest absolute Gasteiger partial charge is 0.219 e. The van der Waals surface area contributed by atoms with Crippen LogP contribution >= 0.6 is 24.2 Å². The average Bonchev–Trinajstić information content (AvgIpc) is 2.45. The predicted molar refractivity (Wildman–Crippen MR) is 81.7 cm³/mol. The van der Waals surface area contributed by atoms with Crippen LogP contribution in [0.4, 0.5) is 5.82 Å². The van der Waals surface area contributed by atoms with Crippen molar-refractivity contribution in [3.63, 3.8) is 0 Å². The van der Waals surface area contributed by atoms with Crippen molar-refractivity contribution in [1.82, 2.24) is 15.3 Å². The van der Waals surface area contributed by atoms with E-state index in [9.17, 15) is 0 Å². The lowest BCUT2D eigenvalue weighted by molar-refractivity contribution is 0.392. The third-order valence-electron chi connectivity index (χ3n) is 3.02. The summed E-state index contributed by atoms with van der Waals surface area (Å²) in [6.07, 6.45) is 5.78. The summed E-state index contributed by atoms with van der Waals surface area (Å²) in [6.45, 7) is 2.02. The molecule has 1 aromatic rings. The van der Waals surface area contributed by atoms with Crippen molar-refractivity contribution in [3.05, 3.63) is 6.07 Å². The minimum atomic E-state index is 0. The Labute approximate surface area is 124 Å². The van der Waals surface area contributed by atoms with Crippen LogP contribution in [0, 0.1) is 0 Å².